The Morgan fingerprint density at radius 1 is 1.06 bits per heavy atom. The van der Waals surface area contributed by atoms with E-state index in [1.54, 1.807) is 24.0 Å². The Hall–Kier alpha value is -2.34. The van der Waals surface area contributed by atoms with Crippen LogP contribution in [-0.4, -0.2) is 34.6 Å². The van der Waals surface area contributed by atoms with Crippen molar-refractivity contribution in [3.63, 3.8) is 0 Å². The van der Waals surface area contributed by atoms with Crippen LogP contribution in [0.15, 0.2) is 53.4 Å². The molecule has 0 aliphatic heterocycles. The third-order valence-corrected chi connectivity index (χ3v) is 6.77. The first-order valence-corrected chi connectivity index (χ1v) is 11.9. The maximum atomic E-state index is 13.3. The van der Waals surface area contributed by atoms with Gasteiger partial charge in [-0.1, -0.05) is 49.1 Å². The molecule has 6 heteroatoms. The number of nitrogens with zero attached hydrogens (tertiary/aromatic N) is 1. The molecule has 1 unspecified atom stereocenters. The van der Waals surface area contributed by atoms with Crippen molar-refractivity contribution in [2.75, 3.05) is 5.75 Å². The van der Waals surface area contributed by atoms with Gasteiger partial charge in [0, 0.05) is 17.5 Å². The maximum Gasteiger partial charge on any atom is 0.242 e. The Kier molecular flexibility index (Phi) is 8.52. The minimum Gasteiger partial charge on any atom is -0.352 e. The van der Waals surface area contributed by atoms with Gasteiger partial charge >= 0.3 is 0 Å². The zero-order valence-corrected chi connectivity index (χ0v) is 19.1. The third-order valence-electron chi connectivity index (χ3n) is 5.77. The molecule has 1 fully saturated rings. The normalized spacial score (nSPS) is 15.3. The van der Waals surface area contributed by atoms with Crippen LogP contribution in [0.5, 0.6) is 0 Å². The molecule has 3 rings (SSSR count). The van der Waals surface area contributed by atoms with E-state index in [4.69, 9.17) is 0 Å². The minimum absolute atomic E-state index is 0.110. The van der Waals surface area contributed by atoms with Crippen molar-refractivity contribution in [2.24, 2.45) is 0 Å². The van der Waals surface area contributed by atoms with Gasteiger partial charge in [-0.2, -0.15) is 0 Å². The quantitative estimate of drug-likeness (QED) is 0.579. The van der Waals surface area contributed by atoms with E-state index >= 15 is 0 Å². The van der Waals surface area contributed by atoms with Crippen LogP contribution in [-0.2, 0) is 16.1 Å². The molecular weight excluding hydrogens is 411 g/mol. The summed E-state index contributed by atoms with van der Waals surface area (Å²) in [5, 5.41) is 3.13. The number of hydrogen-bond donors (Lipinski definition) is 1. The van der Waals surface area contributed by atoms with Gasteiger partial charge < -0.3 is 10.2 Å². The fourth-order valence-electron chi connectivity index (χ4n) is 3.80. The third kappa shape index (κ3) is 7.10. The van der Waals surface area contributed by atoms with Crippen molar-refractivity contribution in [3.8, 4) is 0 Å². The fraction of sp³-hybridized carbons (Fsp3) is 0.440. The largest absolute Gasteiger partial charge is 0.352 e. The highest BCUT2D eigenvalue weighted by molar-refractivity contribution is 8.00. The minimum atomic E-state index is -0.599. The average molecular weight is 443 g/mol. The molecule has 0 heterocycles. The fourth-order valence-corrected chi connectivity index (χ4v) is 4.58. The Morgan fingerprint density at radius 3 is 2.35 bits per heavy atom. The lowest BCUT2D eigenvalue weighted by Gasteiger charge is -2.31. The van der Waals surface area contributed by atoms with Gasteiger partial charge in [-0.05, 0) is 56.5 Å². The van der Waals surface area contributed by atoms with Crippen molar-refractivity contribution in [3.05, 3.63) is 65.5 Å². The van der Waals surface area contributed by atoms with E-state index in [2.05, 4.69) is 5.32 Å². The van der Waals surface area contributed by atoms with Gasteiger partial charge in [0.25, 0.3) is 0 Å². The van der Waals surface area contributed by atoms with Crippen molar-refractivity contribution in [2.45, 2.75) is 69.5 Å². The highest BCUT2D eigenvalue weighted by Gasteiger charge is 2.28. The number of halogens is 1. The molecule has 0 bridgehead atoms. The predicted molar refractivity (Wildman–Crippen MR) is 123 cm³/mol. The van der Waals surface area contributed by atoms with Gasteiger partial charge in [-0.3, -0.25) is 9.59 Å². The highest BCUT2D eigenvalue weighted by Crippen LogP contribution is 2.21. The summed E-state index contributed by atoms with van der Waals surface area (Å²) in [5.41, 5.74) is 1.97. The van der Waals surface area contributed by atoms with Crippen LogP contribution in [0.2, 0.25) is 0 Å². The van der Waals surface area contributed by atoms with Crippen LogP contribution in [0.1, 0.15) is 50.2 Å². The number of aryl methyl sites for hydroxylation is 1. The number of thioether (sulfide) groups is 1. The zero-order chi connectivity index (χ0) is 22.2. The lowest BCUT2D eigenvalue weighted by Crippen LogP contribution is -2.50. The molecule has 1 aliphatic carbocycles. The number of benzene rings is 2. The van der Waals surface area contributed by atoms with Crippen molar-refractivity contribution < 1.29 is 14.0 Å². The van der Waals surface area contributed by atoms with E-state index in [1.165, 1.54) is 35.9 Å². The smallest absolute Gasteiger partial charge is 0.242 e. The van der Waals surface area contributed by atoms with Gasteiger partial charge in [0.05, 0.1) is 5.75 Å². The van der Waals surface area contributed by atoms with Crippen molar-refractivity contribution >= 4 is 23.6 Å². The molecule has 0 radical (unpaired) electrons. The topological polar surface area (TPSA) is 49.4 Å². The number of hydrogen-bond acceptors (Lipinski definition) is 3. The molecule has 2 amide bonds. The average Bonchev–Trinajstić information content (AvgIpc) is 2.78. The van der Waals surface area contributed by atoms with Gasteiger partial charge in [0.2, 0.25) is 11.8 Å². The lowest BCUT2D eigenvalue weighted by atomic mass is 9.95. The zero-order valence-electron chi connectivity index (χ0n) is 18.3. The maximum absolute atomic E-state index is 13.3. The molecule has 1 saturated carbocycles. The first-order valence-electron chi connectivity index (χ1n) is 11.0. The SMILES string of the molecule is Cc1ccc(SCC(=O)N(Cc2ccc(F)cc2)C(C)C(=O)NC2CCCCC2)cc1. The van der Waals surface area contributed by atoms with E-state index in [9.17, 15) is 14.0 Å². The molecule has 2 aromatic rings. The summed E-state index contributed by atoms with van der Waals surface area (Å²) >= 11 is 1.46. The van der Waals surface area contributed by atoms with Gasteiger partial charge in [-0.15, -0.1) is 11.8 Å². The van der Waals surface area contributed by atoms with Crippen molar-refractivity contribution in [1.29, 1.82) is 0 Å². The summed E-state index contributed by atoms with van der Waals surface area (Å²) in [6.07, 6.45) is 5.46. The van der Waals surface area contributed by atoms with Gasteiger partial charge in [0.15, 0.2) is 0 Å². The molecule has 0 spiro atoms. The molecular formula is C25H31FN2O2S. The molecule has 2 aromatic carbocycles. The van der Waals surface area contributed by atoms with Crippen LogP contribution in [0.4, 0.5) is 4.39 Å². The van der Waals surface area contributed by atoms with E-state index in [1.807, 2.05) is 31.2 Å². The molecule has 1 N–H and O–H groups in total. The first kappa shape index (κ1) is 23.3. The van der Waals surface area contributed by atoms with Crippen LogP contribution in [0.3, 0.4) is 0 Å². The van der Waals surface area contributed by atoms with Gasteiger partial charge in [-0.25, -0.2) is 4.39 Å². The van der Waals surface area contributed by atoms with Crippen LogP contribution in [0.25, 0.3) is 0 Å². The number of carbonyl (C=O) groups excluding carboxylic acids is 2. The molecule has 1 atom stereocenters. The molecule has 4 nitrogen and oxygen atoms in total. The molecule has 0 saturated heterocycles. The Labute approximate surface area is 188 Å². The second-order valence-electron chi connectivity index (χ2n) is 8.27. The van der Waals surface area contributed by atoms with Crippen molar-refractivity contribution in [1.82, 2.24) is 10.2 Å². The van der Waals surface area contributed by atoms with Crippen LogP contribution >= 0.6 is 11.8 Å². The molecule has 0 aromatic heterocycles. The lowest BCUT2D eigenvalue weighted by molar-refractivity contribution is -0.139. The Bertz CT molecular complexity index is 864. The second-order valence-corrected chi connectivity index (χ2v) is 9.32. The number of amides is 2. The van der Waals surface area contributed by atoms with E-state index < -0.39 is 6.04 Å². The van der Waals surface area contributed by atoms with Crippen LogP contribution < -0.4 is 5.32 Å². The molecule has 1 aliphatic rings. The summed E-state index contributed by atoms with van der Waals surface area (Å²) in [4.78, 5) is 28.7. The Morgan fingerprint density at radius 2 is 1.71 bits per heavy atom. The van der Waals surface area contributed by atoms with E-state index in [0.29, 0.717) is 0 Å². The monoisotopic (exact) mass is 442 g/mol. The number of nitrogens with one attached hydrogen (secondary N) is 1. The summed E-state index contributed by atoms with van der Waals surface area (Å²) in [7, 11) is 0. The number of rotatable bonds is 8. The summed E-state index contributed by atoms with van der Waals surface area (Å²) in [5.74, 6) is -0.311. The summed E-state index contributed by atoms with van der Waals surface area (Å²) in [6, 6.07) is 13.7. The number of carbonyl (C=O) groups is 2. The molecule has 166 valence electrons. The standard InChI is InChI=1S/C25H31FN2O2S/c1-18-8-14-23(15-9-18)31-17-24(29)28(16-20-10-12-21(26)13-11-20)19(2)25(30)27-22-6-4-3-5-7-22/h8-15,19,22H,3-7,16-17H2,1-2H3,(H,27,30). The van der Waals surface area contributed by atoms with Crippen LogP contribution in [0, 0.1) is 12.7 Å². The second kappa shape index (κ2) is 11.3. The predicted octanol–water partition coefficient (Wildman–Crippen LogP) is 5.09. The van der Waals surface area contributed by atoms with E-state index in [0.717, 1.165) is 36.1 Å². The summed E-state index contributed by atoms with van der Waals surface area (Å²) in [6.45, 7) is 4.07. The molecule has 31 heavy (non-hydrogen) atoms. The first-order chi connectivity index (χ1) is 14.9. The Balaban J connectivity index is 1.69. The van der Waals surface area contributed by atoms with Gasteiger partial charge in [0.1, 0.15) is 11.9 Å². The van der Waals surface area contributed by atoms with E-state index in [-0.39, 0.29) is 36.0 Å². The summed E-state index contributed by atoms with van der Waals surface area (Å²) < 4.78 is 13.3. The highest BCUT2D eigenvalue weighted by atomic mass is 32.2.